The Labute approximate surface area is 181 Å². The minimum atomic E-state index is -0.775. The number of hydrogen-bond donors (Lipinski definition) is 0. The van der Waals surface area contributed by atoms with Crippen molar-refractivity contribution in [1.82, 2.24) is 0 Å². The van der Waals surface area contributed by atoms with Crippen molar-refractivity contribution >= 4 is 34.2 Å². The van der Waals surface area contributed by atoms with Gasteiger partial charge in [-0.15, -0.1) is 0 Å². The Hall–Kier alpha value is -3.64. The highest BCUT2D eigenvalue weighted by molar-refractivity contribution is 6.31. The van der Waals surface area contributed by atoms with Crippen LogP contribution in [0, 0.1) is 5.82 Å². The van der Waals surface area contributed by atoms with E-state index < -0.39 is 17.8 Å². The van der Waals surface area contributed by atoms with E-state index in [2.05, 4.69) is 0 Å². The molecule has 154 valence electrons. The molecule has 0 spiro atoms. The fraction of sp³-hybridized carbons (Fsp3) is 0.0833. The number of ether oxygens (including phenoxy) is 1. The van der Waals surface area contributed by atoms with Crippen LogP contribution in [0.25, 0.3) is 11.0 Å². The summed E-state index contributed by atoms with van der Waals surface area (Å²) < 4.78 is 24.8. The van der Waals surface area contributed by atoms with Gasteiger partial charge in [0, 0.05) is 10.7 Å². The summed E-state index contributed by atoms with van der Waals surface area (Å²) in [6, 6.07) is 16.5. The number of fused-ring (bicyclic) bond motifs is 2. The van der Waals surface area contributed by atoms with Crippen molar-refractivity contribution in [2.75, 3.05) is 12.0 Å². The molecule has 1 aliphatic rings. The molecule has 0 radical (unpaired) electrons. The van der Waals surface area contributed by atoms with Gasteiger partial charge in [0.15, 0.2) is 5.43 Å². The lowest BCUT2D eigenvalue weighted by atomic mass is 9.98. The molecular formula is C24H15ClFNO4. The minimum absolute atomic E-state index is 0.0445. The predicted molar refractivity (Wildman–Crippen MR) is 116 cm³/mol. The number of anilines is 1. The maximum absolute atomic E-state index is 13.5. The first-order valence-electron chi connectivity index (χ1n) is 9.47. The molecular weight excluding hydrogens is 421 g/mol. The number of rotatable bonds is 3. The molecule has 5 nitrogen and oxygen atoms in total. The van der Waals surface area contributed by atoms with E-state index in [9.17, 15) is 14.0 Å². The summed E-state index contributed by atoms with van der Waals surface area (Å²) in [7, 11) is 1.54. The summed E-state index contributed by atoms with van der Waals surface area (Å²) in [5, 5.41) is 0.672. The van der Waals surface area contributed by atoms with Crippen LogP contribution in [-0.4, -0.2) is 13.0 Å². The highest BCUT2D eigenvalue weighted by atomic mass is 35.5. The Kier molecular flexibility index (Phi) is 4.52. The first kappa shape index (κ1) is 19.3. The summed E-state index contributed by atoms with van der Waals surface area (Å²) in [5.74, 6) is -0.383. The molecule has 0 aliphatic carbocycles. The second-order valence-electron chi connectivity index (χ2n) is 7.15. The molecule has 4 aromatic rings. The molecule has 1 atom stereocenters. The molecule has 7 heteroatoms. The highest BCUT2D eigenvalue weighted by Gasteiger charge is 2.43. The number of nitrogens with zero attached hydrogens (tertiary/aromatic N) is 1. The molecule has 1 amide bonds. The molecule has 1 aromatic heterocycles. The number of amides is 1. The van der Waals surface area contributed by atoms with Crippen molar-refractivity contribution in [2.24, 2.45) is 0 Å². The van der Waals surface area contributed by atoms with E-state index in [0.717, 1.165) is 0 Å². The summed E-state index contributed by atoms with van der Waals surface area (Å²) in [6.45, 7) is 0. The Morgan fingerprint density at radius 2 is 1.81 bits per heavy atom. The third-order valence-corrected chi connectivity index (χ3v) is 5.58. The predicted octanol–water partition coefficient (Wildman–Crippen LogP) is 5.34. The van der Waals surface area contributed by atoms with Gasteiger partial charge in [0.25, 0.3) is 5.91 Å². The number of methoxy groups -OCH3 is 1. The third kappa shape index (κ3) is 3.07. The van der Waals surface area contributed by atoms with E-state index in [4.69, 9.17) is 20.8 Å². The van der Waals surface area contributed by atoms with E-state index in [1.165, 1.54) is 42.3 Å². The van der Waals surface area contributed by atoms with Gasteiger partial charge in [-0.25, -0.2) is 4.39 Å². The monoisotopic (exact) mass is 435 g/mol. The average molecular weight is 436 g/mol. The zero-order chi connectivity index (χ0) is 21.7. The van der Waals surface area contributed by atoms with Crippen molar-refractivity contribution in [1.29, 1.82) is 0 Å². The molecule has 1 aliphatic heterocycles. The standard InChI is InChI=1S/C24H15ClFNO4/c1-30-17-4-2-3-13(11-17)21-20-22(28)18-12-14(25)5-10-19(18)31-23(20)24(29)27(21)16-8-6-15(26)7-9-16/h2-12,21H,1H3. The van der Waals surface area contributed by atoms with Gasteiger partial charge in [-0.2, -0.15) is 0 Å². The van der Waals surface area contributed by atoms with Gasteiger partial charge >= 0.3 is 0 Å². The molecule has 0 N–H and O–H groups in total. The second-order valence-corrected chi connectivity index (χ2v) is 7.58. The van der Waals surface area contributed by atoms with Crippen LogP contribution in [-0.2, 0) is 0 Å². The molecule has 31 heavy (non-hydrogen) atoms. The number of halogens is 2. The SMILES string of the molecule is COc1cccc(C2c3c(oc4ccc(Cl)cc4c3=O)C(=O)N2c2ccc(F)cc2)c1. The Morgan fingerprint density at radius 3 is 2.55 bits per heavy atom. The van der Waals surface area contributed by atoms with Gasteiger partial charge in [0.05, 0.1) is 24.1 Å². The Bertz CT molecular complexity index is 1400. The first-order valence-corrected chi connectivity index (χ1v) is 9.85. The lowest BCUT2D eigenvalue weighted by molar-refractivity contribution is 0.0971. The maximum Gasteiger partial charge on any atom is 0.295 e. The minimum Gasteiger partial charge on any atom is -0.497 e. The van der Waals surface area contributed by atoms with Gasteiger partial charge in [-0.05, 0) is 60.2 Å². The smallest absolute Gasteiger partial charge is 0.295 e. The van der Waals surface area contributed by atoms with Crippen LogP contribution in [0.3, 0.4) is 0 Å². The molecule has 1 unspecified atom stereocenters. The summed E-state index contributed by atoms with van der Waals surface area (Å²) in [4.78, 5) is 28.4. The van der Waals surface area contributed by atoms with E-state index in [-0.39, 0.29) is 27.7 Å². The molecule has 3 aromatic carbocycles. The van der Waals surface area contributed by atoms with Crippen LogP contribution in [0.5, 0.6) is 5.75 Å². The quantitative estimate of drug-likeness (QED) is 0.435. The van der Waals surface area contributed by atoms with Crippen molar-refractivity contribution < 1.29 is 18.3 Å². The zero-order valence-electron chi connectivity index (χ0n) is 16.3. The van der Waals surface area contributed by atoms with Crippen molar-refractivity contribution in [3.8, 4) is 5.75 Å². The third-order valence-electron chi connectivity index (χ3n) is 5.35. The van der Waals surface area contributed by atoms with Crippen molar-refractivity contribution in [2.45, 2.75) is 6.04 Å². The van der Waals surface area contributed by atoms with E-state index in [0.29, 0.717) is 22.0 Å². The van der Waals surface area contributed by atoms with Crippen LogP contribution in [0.4, 0.5) is 10.1 Å². The molecule has 0 saturated carbocycles. The van der Waals surface area contributed by atoms with Crippen LogP contribution in [0.1, 0.15) is 27.7 Å². The lowest BCUT2D eigenvalue weighted by Gasteiger charge is -2.25. The maximum atomic E-state index is 13.5. The van der Waals surface area contributed by atoms with Crippen LogP contribution in [0.15, 0.2) is 75.9 Å². The number of carbonyl (C=O) groups is 1. The van der Waals surface area contributed by atoms with E-state index in [1.807, 2.05) is 0 Å². The lowest BCUT2D eigenvalue weighted by Crippen LogP contribution is -2.29. The topological polar surface area (TPSA) is 59.8 Å². The molecule has 0 fully saturated rings. The fourth-order valence-electron chi connectivity index (χ4n) is 3.94. The van der Waals surface area contributed by atoms with Crippen molar-refractivity contribution in [3.63, 3.8) is 0 Å². The highest BCUT2D eigenvalue weighted by Crippen LogP contribution is 2.42. The van der Waals surface area contributed by atoms with Crippen LogP contribution < -0.4 is 15.1 Å². The van der Waals surface area contributed by atoms with Gasteiger partial charge in [0.2, 0.25) is 5.76 Å². The summed E-state index contributed by atoms with van der Waals surface area (Å²) >= 11 is 6.09. The Balaban J connectivity index is 1.82. The van der Waals surface area contributed by atoms with Gasteiger partial charge in [-0.1, -0.05) is 23.7 Å². The van der Waals surface area contributed by atoms with Crippen molar-refractivity contribution in [3.05, 3.63) is 105 Å². The second kappa shape index (κ2) is 7.25. The van der Waals surface area contributed by atoms with Gasteiger partial charge in [0.1, 0.15) is 17.1 Å². The number of hydrogen-bond acceptors (Lipinski definition) is 4. The fourth-order valence-corrected chi connectivity index (χ4v) is 4.11. The van der Waals surface area contributed by atoms with Gasteiger partial charge in [-0.3, -0.25) is 14.5 Å². The van der Waals surface area contributed by atoms with E-state index >= 15 is 0 Å². The zero-order valence-corrected chi connectivity index (χ0v) is 17.0. The molecule has 5 rings (SSSR count). The molecule has 0 saturated heterocycles. The van der Waals surface area contributed by atoms with Crippen LogP contribution >= 0.6 is 11.6 Å². The van der Waals surface area contributed by atoms with Crippen LogP contribution in [0.2, 0.25) is 5.02 Å². The number of carbonyl (C=O) groups excluding carboxylic acids is 1. The number of benzene rings is 3. The summed E-state index contributed by atoms with van der Waals surface area (Å²) in [6.07, 6.45) is 0. The van der Waals surface area contributed by atoms with E-state index in [1.54, 1.807) is 36.4 Å². The first-order chi connectivity index (χ1) is 15.0. The molecule has 2 heterocycles. The average Bonchev–Trinajstić information content (AvgIpc) is 3.07. The molecule has 0 bridgehead atoms. The summed E-state index contributed by atoms with van der Waals surface area (Å²) in [5.41, 5.74) is 1.23. The van der Waals surface area contributed by atoms with Gasteiger partial charge < -0.3 is 9.15 Å². The normalized spacial score (nSPS) is 15.4. The Morgan fingerprint density at radius 1 is 1.03 bits per heavy atom. The largest absolute Gasteiger partial charge is 0.497 e.